The van der Waals surface area contributed by atoms with Gasteiger partial charge in [0.05, 0.1) is 7.11 Å². The molecule has 1 heterocycles. The molecular weight excluding hydrogens is 347 g/mol. The van der Waals surface area contributed by atoms with E-state index in [1.807, 2.05) is 0 Å². The van der Waals surface area contributed by atoms with Crippen LogP contribution in [-0.4, -0.2) is 42.8 Å². The van der Waals surface area contributed by atoms with E-state index in [-0.39, 0.29) is 17.9 Å². The van der Waals surface area contributed by atoms with E-state index in [1.54, 1.807) is 20.8 Å². The molecule has 0 spiro atoms. The minimum absolute atomic E-state index is 0.0662. The Balaban J connectivity index is 2.12. The number of hydrogen-bond acceptors (Lipinski definition) is 6. The van der Waals surface area contributed by atoms with Crippen LogP contribution >= 0.6 is 0 Å². The molecule has 26 heavy (non-hydrogen) atoms. The van der Waals surface area contributed by atoms with Crippen LogP contribution < -0.4 is 15.4 Å². The number of anilines is 1. The predicted molar refractivity (Wildman–Crippen MR) is 89.2 cm³/mol. The van der Waals surface area contributed by atoms with Crippen molar-refractivity contribution in [2.75, 3.05) is 12.4 Å². The zero-order valence-electron chi connectivity index (χ0n) is 14.9. The van der Waals surface area contributed by atoms with Gasteiger partial charge in [-0.1, -0.05) is 6.07 Å². The fraction of sp³-hybridized carbons (Fsp3) is 0.471. The van der Waals surface area contributed by atoms with E-state index >= 15 is 0 Å². The van der Waals surface area contributed by atoms with Gasteiger partial charge in [-0.15, -0.1) is 0 Å². The van der Waals surface area contributed by atoms with Crippen LogP contribution in [0.15, 0.2) is 18.2 Å². The van der Waals surface area contributed by atoms with Gasteiger partial charge in [0.1, 0.15) is 23.1 Å². The van der Waals surface area contributed by atoms with Gasteiger partial charge >= 0.3 is 12.1 Å². The highest BCUT2D eigenvalue weighted by molar-refractivity contribution is 5.98. The lowest BCUT2D eigenvalue weighted by atomic mass is 10.1. The highest BCUT2D eigenvalue weighted by Crippen LogP contribution is 2.32. The van der Waals surface area contributed by atoms with Crippen molar-refractivity contribution in [3.8, 4) is 5.75 Å². The van der Waals surface area contributed by atoms with Gasteiger partial charge in [-0.3, -0.25) is 4.79 Å². The molecule has 0 unspecified atom stereocenters. The molecule has 0 bridgehead atoms. The van der Waals surface area contributed by atoms with Crippen molar-refractivity contribution >= 4 is 23.7 Å². The van der Waals surface area contributed by atoms with E-state index in [0.29, 0.717) is 0 Å². The molecule has 8 nitrogen and oxygen atoms in total. The molecule has 0 saturated carbocycles. The van der Waals surface area contributed by atoms with Crippen molar-refractivity contribution in [2.45, 2.75) is 44.9 Å². The third-order valence-electron chi connectivity index (χ3n) is 3.41. The predicted octanol–water partition coefficient (Wildman–Crippen LogP) is 1.98. The van der Waals surface area contributed by atoms with Crippen molar-refractivity contribution in [3.05, 3.63) is 24.0 Å². The Labute approximate surface area is 150 Å². The average Bonchev–Trinajstić information content (AvgIpc) is 2.53. The SMILES string of the molecule is COC(=O)[C@H](C[C@@H]1Oc2cccc(F)c2NC1=O)NC(=O)OC(C)(C)C. The number of halogens is 1. The second-order valence-electron chi connectivity index (χ2n) is 6.67. The maximum atomic E-state index is 13.7. The molecule has 0 fully saturated rings. The Morgan fingerprint density at radius 2 is 2.08 bits per heavy atom. The van der Waals surface area contributed by atoms with Crippen LogP contribution in [0.1, 0.15) is 27.2 Å². The van der Waals surface area contributed by atoms with E-state index in [0.717, 1.165) is 7.11 Å². The van der Waals surface area contributed by atoms with Crippen molar-refractivity contribution < 1.29 is 33.0 Å². The zero-order chi connectivity index (χ0) is 19.5. The van der Waals surface area contributed by atoms with E-state index in [2.05, 4.69) is 15.4 Å². The highest BCUT2D eigenvalue weighted by Gasteiger charge is 2.35. The number of carbonyl (C=O) groups is 3. The molecule has 9 heteroatoms. The lowest BCUT2D eigenvalue weighted by molar-refractivity contribution is -0.144. The summed E-state index contributed by atoms with van der Waals surface area (Å²) in [4.78, 5) is 36.0. The molecule has 2 amide bonds. The van der Waals surface area contributed by atoms with E-state index in [1.165, 1.54) is 18.2 Å². The van der Waals surface area contributed by atoms with Gasteiger partial charge in [-0.2, -0.15) is 0 Å². The van der Waals surface area contributed by atoms with Crippen molar-refractivity contribution in [1.82, 2.24) is 5.32 Å². The first-order valence-corrected chi connectivity index (χ1v) is 7.94. The normalized spacial score (nSPS) is 17.3. The molecule has 0 aromatic heterocycles. The molecule has 0 radical (unpaired) electrons. The summed E-state index contributed by atoms with van der Waals surface area (Å²) >= 11 is 0. The van der Waals surface area contributed by atoms with Crippen LogP contribution in [0.5, 0.6) is 5.75 Å². The first-order chi connectivity index (χ1) is 12.1. The second-order valence-corrected chi connectivity index (χ2v) is 6.67. The smallest absolute Gasteiger partial charge is 0.408 e. The molecule has 1 aliphatic rings. The molecule has 1 aromatic rings. The van der Waals surface area contributed by atoms with E-state index < -0.39 is 41.5 Å². The van der Waals surface area contributed by atoms with Crippen LogP contribution in [0.3, 0.4) is 0 Å². The number of fused-ring (bicyclic) bond motifs is 1. The molecule has 2 atom stereocenters. The summed E-state index contributed by atoms with van der Waals surface area (Å²) in [7, 11) is 1.15. The summed E-state index contributed by atoms with van der Waals surface area (Å²) in [5, 5.41) is 4.75. The van der Waals surface area contributed by atoms with E-state index in [4.69, 9.17) is 9.47 Å². The Morgan fingerprint density at radius 3 is 2.69 bits per heavy atom. The number of amides is 2. The summed E-state index contributed by atoms with van der Waals surface area (Å²) in [5.41, 5.74) is -0.830. The second kappa shape index (κ2) is 7.59. The number of methoxy groups -OCH3 is 1. The van der Waals surface area contributed by atoms with Gasteiger partial charge in [-0.05, 0) is 32.9 Å². The lowest BCUT2D eigenvalue weighted by Crippen LogP contribution is -2.49. The van der Waals surface area contributed by atoms with Gasteiger partial charge < -0.3 is 24.8 Å². The van der Waals surface area contributed by atoms with Crippen LogP contribution in [0.4, 0.5) is 14.9 Å². The topological polar surface area (TPSA) is 103 Å². The molecule has 1 aliphatic heterocycles. The Hall–Kier alpha value is -2.84. The number of ether oxygens (including phenoxy) is 3. The first kappa shape index (κ1) is 19.5. The molecule has 0 aliphatic carbocycles. The zero-order valence-corrected chi connectivity index (χ0v) is 14.9. The van der Waals surface area contributed by atoms with Crippen LogP contribution in [0.2, 0.25) is 0 Å². The maximum absolute atomic E-state index is 13.7. The van der Waals surface area contributed by atoms with Crippen LogP contribution in [0, 0.1) is 5.82 Å². The molecule has 1 aromatic carbocycles. The number of hydrogen-bond donors (Lipinski definition) is 2. The van der Waals surface area contributed by atoms with Gasteiger partial charge in [0, 0.05) is 6.42 Å². The minimum Gasteiger partial charge on any atom is -0.478 e. The standard InChI is InChI=1S/C17H21FN2O6/c1-17(2,3)26-16(23)19-10(15(22)24-4)8-12-14(21)20-13-9(18)6-5-7-11(13)25-12/h5-7,10,12H,8H2,1-4H3,(H,19,23)(H,20,21)/t10-,12-/m0/s1. The third-order valence-corrected chi connectivity index (χ3v) is 3.41. The third kappa shape index (κ3) is 4.84. The van der Waals surface area contributed by atoms with Crippen molar-refractivity contribution in [1.29, 1.82) is 0 Å². The fourth-order valence-electron chi connectivity index (χ4n) is 2.31. The molecule has 2 N–H and O–H groups in total. The van der Waals surface area contributed by atoms with Gasteiger partial charge in [0.15, 0.2) is 11.9 Å². The number of rotatable bonds is 4. The van der Waals surface area contributed by atoms with Crippen molar-refractivity contribution in [2.24, 2.45) is 0 Å². The summed E-state index contributed by atoms with van der Waals surface area (Å²) in [5.74, 6) is -1.90. The molecule has 0 saturated heterocycles. The maximum Gasteiger partial charge on any atom is 0.408 e. The Bertz CT molecular complexity index is 716. The summed E-state index contributed by atoms with van der Waals surface area (Å²) in [6.45, 7) is 5.01. The Kier molecular flexibility index (Phi) is 5.69. The number of carbonyl (C=O) groups excluding carboxylic acids is 3. The Morgan fingerprint density at radius 1 is 1.38 bits per heavy atom. The van der Waals surface area contributed by atoms with Crippen LogP contribution in [-0.2, 0) is 19.1 Å². The highest BCUT2D eigenvalue weighted by atomic mass is 19.1. The molecule has 142 valence electrons. The number of nitrogens with one attached hydrogen (secondary N) is 2. The van der Waals surface area contributed by atoms with Gasteiger partial charge in [-0.25, -0.2) is 14.0 Å². The van der Waals surface area contributed by atoms with Gasteiger partial charge in [0.2, 0.25) is 0 Å². The minimum atomic E-state index is -1.18. The van der Waals surface area contributed by atoms with Crippen molar-refractivity contribution in [3.63, 3.8) is 0 Å². The number of esters is 1. The largest absolute Gasteiger partial charge is 0.478 e. The molecule has 2 rings (SSSR count). The number of para-hydroxylation sites is 1. The van der Waals surface area contributed by atoms with Crippen LogP contribution in [0.25, 0.3) is 0 Å². The summed E-state index contributed by atoms with van der Waals surface area (Å²) in [6.07, 6.45) is -2.17. The summed E-state index contributed by atoms with van der Waals surface area (Å²) in [6, 6.07) is 2.92. The first-order valence-electron chi connectivity index (χ1n) is 7.94. The fourth-order valence-corrected chi connectivity index (χ4v) is 2.31. The summed E-state index contributed by atoms with van der Waals surface area (Å²) < 4.78 is 28.9. The van der Waals surface area contributed by atoms with Gasteiger partial charge in [0.25, 0.3) is 5.91 Å². The monoisotopic (exact) mass is 368 g/mol. The molecular formula is C17H21FN2O6. The quantitative estimate of drug-likeness (QED) is 0.788. The van der Waals surface area contributed by atoms with E-state index in [9.17, 15) is 18.8 Å². The number of alkyl carbamates (subject to hydrolysis) is 1. The lowest BCUT2D eigenvalue weighted by Gasteiger charge is -2.28. The number of benzene rings is 1. The average molecular weight is 368 g/mol.